The highest BCUT2D eigenvalue weighted by Gasteiger charge is 2.23. The number of nitrogens with zero attached hydrogens (tertiary/aromatic N) is 1. The summed E-state index contributed by atoms with van der Waals surface area (Å²) in [6, 6.07) is 0.437. The first-order valence-corrected chi connectivity index (χ1v) is 5.99. The van der Waals surface area contributed by atoms with E-state index in [1.165, 1.54) is 0 Å². The summed E-state index contributed by atoms with van der Waals surface area (Å²) in [5, 5.41) is 3.43. The number of amides is 1. The van der Waals surface area contributed by atoms with Crippen molar-refractivity contribution in [2.24, 2.45) is 0 Å². The Balaban J connectivity index is 0.00000169. The maximum atomic E-state index is 11.8. The lowest BCUT2D eigenvalue weighted by Crippen LogP contribution is -2.53. The van der Waals surface area contributed by atoms with Crippen LogP contribution in [0.5, 0.6) is 0 Å². The highest BCUT2D eigenvalue weighted by molar-refractivity contribution is 7.99. The fraction of sp³-hybridized carbons (Fsp3) is 0.889. The summed E-state index contributed by atoms with van der Waals surface area (Å²) in [6.07, 6.45) is 1.98. The molecule has 1 amide bonds. The molecule has 0 aromatic heterocycles. The molecule has 0 aromatic carbocycles. The molecule has 2 unspecified atom stereocenters. The Kier molecular flexibility index (Phi) is 6.57. The van der Waals surface area contributed by atoms with Crippen LogP contribution in [0.1, 0.15) is 13.8 Å². The van der Waals surface area contributed by atoms with Crippen LogP contribution in [0.15, 0.2) is 0 Å². The van der Waals surface area contributed by atoms with Crippen LogP contribution in [0.25, 0.3) is 0 Å². The Hall–Kier alpha value is 0.0700. The standard InChI is InChI=1S/C9H18N2OS.ClH/c1-7-6-11(5-4-10-7)9(12)8(2)13-3;/h7-8,10H,4-6H2,1-3H3;1H. The van der Waals surface area contributed by atoms with E-state index in [2.05, 4.69) is 12.2 Å². The maximum Gasteiger partial charge on any atom is 0.235 e. The molecule has 0 saturated carbocycles. The number of nitrogens with one attached hydrogen (secondary N) is 1. The van der Waals surface area contributed by atoms with E-state index in [0.29, 0.717) is 6.04 Å². The summed E-state index contributed by atoms with van der Waals surface area (Å²) in [7, 11) is 0. The van der Waals surface area contributed by atoms with Gasteiger partial charge in [0, 0.05) is 25.7 Å². The summed E-state index contributed by atoms with van der Waals surface area (Å²) in [4.78, 5) is 13.7. The first-order valence-electron chi connectivity index (χ1n) is 4.70. The monoisotopic (exact) mass is 238 g/mol. The second-order valence-electron chi connectivity index (χ2n) is 3.52. The molecule has 2 atom stereocenters. The molecule has 1 fully saturated rings. The molecular formula is C9H19ClN2OS. The van der Waals surface area contributed by atoms with E-state index in [-0.39, 0.29) is 23.6 Å². The van der Waals surface area contributed by atoms with Crippen LogP contribution in [0.2, 0.25) is 0 Å². The third-order valence-electron chi connectivity index (χ3n) is 2.38. The van der Waals surface area contributed by atoms with E-state index in [1.54, 1.807) is 11.8 Å². The Morgan fingerprint density at radius 2 is 2.29 bits per heavy atom. The van der Waals surface area contributed by atoms with Crippen LogP contribution >= 0.6 is 24.2 Å². The third-order valence-corrected chi connectivity index (χ3v) is 3.29. The number of rotatable bonds is 2. The molecule has 0 aliphatic carbocycles. The molecule has 1 rings (SSSR count). The second-order valence-corrected chi connectivity index (χ2v) is 4.70. The fourth-order valence-corrected chi connectivity index (χ4v) is 1.84. The molecule has 1 N–H and O–H groups in total. The molecule has 1 aliphatic rings. The Bertz CT molecular complexity index is 192. The van der Waals surface area contributed by atoms with Crippen molar-refractivity contribution in [3.63, 3.8) is 0 Å². The number of hydrogen-bond donors (Lipinski definition) is 1. The molecule has 0 radical (unpaired) electrons. The van der Waals surface area contributed by atoms with Crippen LogP contribution in [0.3, 0.4) is 0 Å². The molecule has 3 nitrogen and oxygen atoms in total. The zero-order valence-corrected chi connectivity index (χ0v) is 10.6. The Labute approximate surface area is 96.4 Å². The van der Waals surface area contributed by atoms with Gasteiger partial charge in [-0.25, -0.2) is 0 Å². The van der Waals surface area contributed by atoms with E-state index in [1.807, 2.05) is 18.1 Å². The van der Waals surface area contributed by atoms with Gasteiger partial charge in [0.2, 0.25) is 5.91 Å². The Morgan fingerprint density at radius 1 is 1.64 bits per heavy atom. The third kappa shape index (κ3) is 3.67. The van der Waals surface area contributed by atoms with Gasteiger partial charge in [0.1, 0.15) is 0 Å². The Morgan fingerprint density at radius 3 is 2.79 bits per heavy atom. The van der Waals surface area contributed by atoms with E-state index in [0.717, 1.165) is 19.6 Å². The van der Waals surface area contributed by atoms with Crippen molar-refractivity contribution in [2.45, 2.75) is 25.1 Å². The SMILES string of the molecule is CSC(C)C(=O)N1CCNC(C)C1.Cl. The van der Waals surface area contributed by atoms with Crippen LogP contribution in [-0.4, -0.2) is 48.0 Å². The van der Waals surface area contributed by atoms with E-state index in [9.17, 15) is 4.79 Å². The summed E-state index contributed by atoms with van der Waals surface area (Å²) in [5.41, 5.74) is 0. The van der Waals surface area contributed by atoms with Gasteiger partial charge >= 0.3 is 0 Å². The molecule has 5 heteroatoms. The summed E-state index contributed by atoms with van der Waals surface area (Å²) >= 11 is 1.62. The molecule has 0 aromatic rings. The number of hydrogen-bond acceptors (Lipinski definition) is 3. The highest BCUT2D eigenvalue weighted by Crippen LogP contribution is 2.10. The minimum absolute atomic E-state index is 0. The predicted octanol–water partition coefficient (Wildman–Crippen LogP) is 0.980. The molecular weight excluding hydrogens is 220 g/mol. The predicted molar refractivity (Wildman–Crippen MR) is 64.3 cm³/mol. The van der Waals surface area contributed by atoms with Crippen molar-refractivity contribution in [1.82, 2.24) is 10.2 Å². The van der Waals surface area contributed by atoms with Crippen molar-refractivity contribution < 1.29 is 4.79 Å². The lowest BCUT2D eigenvalue weighted by molar-refractivity contribution is -0.131. The average molecular weight is 239 g/mol. The maximum absolute atomic E-state index is 11.8. The first kappa shape index (κ1) is 14.1. The topological polar surface area (TPSA) is 32.3 Å². The van der Waals surface area contributed by atoms with E-state index >= 15 is 0 Å². The second kappa shape index (κ2) is 6.53. The largest absolute Gasteiger partial charge is 0.339 e. The molecule has 1 aliphatic heterocycles. The summed E-state index contributed by atoms with van der Waals surface area (Å²) in [5.74, 6) is 0.279. The van der Waals surface area contributed by atoms with Gasteiger partial charge in [-0.15, -0.1) is 12.4 Å². The average Bonchev–Trinajstić information content (AvgIpc) is 2.15. The minimum Gasteiger partial charge on any atom is -0.339 e. The van der Waals surface area contributed by atoms with Crippen molar-refractivity contribution in [3.05, 3.63) is 0 Å². The highest BCUT2D eigenvalue weighted by atomic mass is 35.5. The van der Waals surface area contributed by atoms with Crippen LogP contribution in [-0.2, 0) is 4.79 Å². The fourth-order valence-electron chi connectivity index (χ4n) is 1.49. The van der Waals surface area contributed by atoms with Gasteiger partial charge in [-0.05, 0) is 20.1 Å². The lowest BCUT2D eigenvalue weighted by Gasteiger charge is -2.33. The molecule has 0 bridgehead atoms. The molecule has 84 valence electrons. The normalized spacial score (nSPS) is 23.9. The van der Waals surface area contributed by atoms with Gasteiger partial charge in [-0.3, -0.25) is 4.79 Å². The van der Waals surface area contributed by atoms with Gasteiger partial charge in [0.05, 0.1) is 5.25 Å². The first-order chi connectivity index (χ1) is 6.15. The molecule has 14 heavy (non-hydrogen) atoms. The van der Waals surface area contributed by atoms with Crippen molar-refractivity contribution in [1.29, 1.82) is 0 Å². The summed E-state index contributed by atoms with van der Waals surface area (Å²) < 4.78 is 0. The molecule has 1 saturated heterocycles. The zero-order chi connectivity index (χ0) is 9.84. The van der Waals surface area contributed by atoms with Gasteiger partial charge in [-0.2, -0.15) is 11.8 Å². The number of carbonyl (C=O) groups excluding carboxylic acids is 1. The van der Waals surface area contributed by atoms with Gasteiger partial charge in [0.25, 0.3) is 0 Å². The molecule has 1 heterocycles. The van der Waals surface area contributed by atoms with Gasteiger partial charge in [-0.1, -0.05) is 0 Å². The summed E-state index contributed by atoms with van der Waals surface area (Å²) in [6.45, 7) is 6.72. The molecule has 0 spiro atoms. The smallest absolute Gasteiger partial charge is 0.235 e. The van der Waals surface area contributed by atoms with Crippen molar-refractivity contribution in [3.8, 4) is 0 Å². The minimum atomic E-state index is 0. The van der Waals surface area contributed by atoms with Gasteiger partial charge in [0.15, 0.2) is 0 Å². The number of piperazine rings is 1. The lowest BCUT2D eigenvalue weighted by atomic mass is 10.2. The quantitative estimate of drug-likeness (QED) is 0.779. The van der Waals surface area contributed by atoms with Crippen LogP contribution in [0.4, 0.5) is 0 Å². The van der Waals surface area contributed by atoms with E-state index < -0.39 is 0 Å². The number of thioether (sulfide) groups is 1. The van der Waals surface area contributed by atoms with Crippen molar-refractivity contribution >= 4 is 30.1 Å². The van der Waals surface area contributed by atoms with Crippen LogP contribution < -0.4 is 5.32 Å². The van der Waals surface area contributed by atoms with E-state index in [4.69, 9.17) is 0 Å². The number of halogens is 1. The van der Waals surface area contributed by atoms with Gasteiger partial charge < -0.3 is 10.2 Å². The zero-order valence-electron chi connectivity index (χ0n) is 8.95. The van der Waals surface area contributed by atoms with Crippen molar-refractivity contribution in [2.75, 3.05) is 25.9 Å². The van der Waals surface area contributed by atoms with Crippen LogP contribution in [0, 0.1) is 0 Å². The number of carbonyl (C=O) groups is 1.